The minimum atomic E-state index is -0.0799. The number of hydrogen-bond donors (Lipinski definition) is 0. The maximum atomic E-state index is 11.5. The minimum absolute atomic E-state index is 0.0799. The average molecular weight is 375 g/mol. The number of thioether (sulfide) groups is 1. The van der Waals surface area contributed by atoms with Crippen LogP contribution in [0.2, 0.25) is 0 Å². The first kappa shape index (κ1) is 24.3. The normalized spacial score (nSPS) is 10.6. The number of hydrogen-bond acceptors (Lipinski definition) is 5. The van der Waals surface area contributed by atoms with Crippen LogP contribution >= 0.6 is 11.8 Å². The molecule has 0 amide bonds. The van der Waals surface area contributed by atoms with Crippen molar-refractivity contribution in [2.45, 2.75) is 90.9 Å². The van der Waals surface area contributed by atoms with Gasteiger partial charge in [0.2, 0.25) is 0 Å². The van der Waals surface area contributed by atoms with E-state index in [1.54, 1.807) is 11.8 Å². The Labute approximate surface area is 158 Å². The second kappa shape index (κ2) is 19.6. The van der Waals surface area contributed by atoms with Crippen LogP contribution in [0.15, 0.2) is 0 Å². The largest absolute Gasteiger partial charge is 0.466 e. The molecule has 0 saturated carbocycles. The van der Waals surface area contributed by atoms with Crippen molar-refractivity contribution in [3.63, 3.8) is 0 Å². The lowest BCUT2D eigenvalue weighted by atomic mass is 10.2. The maximum absolute atomic E-state index is 11.5. The summed E-state index contributed by atoms with van der Waals surface area (Å²) >= 11 is 1.79. The third-order valence-corrected chi connectivity index (χ3v) is 5.02. The Morgan fingerprint density at radius 2 is 1.08 bits per heavy atom. The SMILES string of the molecule is CCCCCCOC(=O)CCCSCCCC(=O)OCCCCCC. The standard InChI is InChI=1S/C20H38O4S/c1-3-5-7-9-15-23-19(21)13-11-17-25-18-12-14-20(22)24-16-10-8-6-4-2/h3-18H2,1-2H3. The van der Waals surface area contributed by atoms with E-state index in [1.165, 1.54) is 25.7 Å². The molecule has 0 aliphatic carbocycles. The number of ether oxygens (including phenoxy) is 2. The molecule has 0 bridgehead atoms. The van der Waals surface area contributed by atoms with Gasteiger partial charge in [-0.15, -0.1) is 0 Å². The first-order chi connectivity index (χ1) is 12.2. The molecule has 0 unspecified atom stereocenters. The van der Waals surface area contributed by atoms with Gasteiger partial charge in [-0.2, -0.15) is 11.8 Å². The highest BCUT2D eigenvalue weighted by Gasteiger charge is 2.04. The Kier molecular flexibility index (Phi) is 19.1. The summed E-state index contributed by atoms with van der Waals surface area (Å²) in [4.78, 5) is 23.1. The lowest BCUT2D eigenvalue weighted by molar-refractivity contribution is -0.144. The summed E-state index contributed by atoms with van der Waals surface area (Å²) in [5.74, 6) is 1.72. The van der Waals surface area contributed by atoms with E-state index >= 15 is 0 Å². The van der Waals surface area contributed by atoms with Crippen molar-refractivity contribution in [1.82, 2.24) is 0 Å². The predicted octanol–water partition coefficient (Wildman–Crippen LogP) is 5.53. The van der Waals surface area contributed by atoms with Crippen molar-refractivity contribution in [2.75, 3.05) is 24.7 Å². The van der Waals surface area contributed by atoms with Gasteiger partial charge in [0.05, 0.1) is 13.2 Å². The molecule has 0 saturated heterocycles. The van der Waals surface area contributed by atoms with Gasteiger partial charge in [-0.25, -0.2) is 0 Å². The van der Waals surface area contributed by atoms with E-state index in [1.807, 2.05) is 0 Å². The Balaban J connectivity index is 3.26. The van der Waals surface area contributed by atoms with Gasteiger partial charge in [0.1, 0.15) is 0 Å². The first-order valence-electron chi connectivity index (χ1n) is 10.1. The van der Waals surface area contributed by atoms with E-state index in [9.17, 15) is 9.59 Å². The molecule has 5 heteroatoms. The van der Waals surface area contributed by atoms with Crippen LogP contribution < -0.4 is 0 Å². The molecule has 148 valence electrons. The molecule has 0 aliphatic rings. The molecule has 0 atom stereocenters. The third-order valence-electron chi connectivity index (χ3n) is 3.86. The molecule has 25 heavy (non-hydrogen) atoms. The van der Waals surface area contributed by atoms with E-state index in [0.717, 1.165) is 50.0 Å². The van der Waals surface area contributed by atoms with Crippen LogP contribution in [0.4, 0.5) is 0 Å². The highest BCUT2D eigenvalue weighted by Crippen LogP contribution is 2.09. The highest BCUT2D eigenvalue weighted by atomic mass is 32.2. The van der Waals surface area contributed by atoms with Crippen LogP contribution in [0, 0.1) is 0 Å². The van der Waals surface area contributed by atoms with Crippen molar-refractivity contribution in [3.8, 4) is 0 Å². The summed E-state index contributed by atoms with van der Waals surface area (Å²) < 4.78 is 10.4. The van der Waals surface area contributed by atoms with Crippen LogP contribution in [0.25, 0.3) is 0 Å². The van der Waals surface area contributed by atoms with Gasteiger partial charge in [0, 0.05) is 12.8 Å². The van der Waals surface area contributed by atoms with Crippen LogP contribution in [0.3, 0.4) is 0 Å². The molecule has 0 aromatic rings. The Morgan fingerprint density at radius 1 is 0.640 bits per heavy atom. The van der Waals surface area contributed by atoms with Crippen molar-refractivity contribution >= 4 is 23.7 Å². The number of esters is 2. The average Bonchev–Trinajstić information content (AvgIpc) is 2.60. The summed E-state index contributed by atoms with van der Waals surface area (Å²) in [6.07, 6.45) is 11.7. The lowest BCUT2D eigenvalue weighted by Crippen LogP contribution is -2.07. The topological polar surface area (TPSA) is 52.6 Å². The zero-order valence-corrected chi connectivity index (χ0v) is 17.2. The predicted molar refractivity (Wildman–Crippen MR) is 106 cm³/mol. The van der Waals surface area contributed by atoms with Gasteiger partial charge < -0.3 is 9.47 Å². The van der Waals surface area contributed by atoms with E-state index in [4.69, 9.17) is 9.47 Å². The zero-order valence-electron chi connectivity index (χ0n) is 16.4. The zero-order chi connectivity index (χ0) is 18.6. The van der Waals surface area contributed by atoms with E-state index in [-0.39, 0.29) is 11.9 Å². The summed E-state index contributed by atoms with van der Waals surface area (Å²) in [5, 5.41) is 0. The number of unbranched alkanes of at least 4 members (excludes halogenated alkanes) is 6. The van der Waals surface area contributed by atoms with Gasteiger partial charge in [-0.3, -0.25) is 9.59 Å². The molecule has 0 rings (SSSR count). The molecule has 0 N–H and O–H groups in total. The fourth-order valence-electron chi connectivity index (χ4n) is 2.31. The van der Waals surface area contributed by atoms with Crippen molar-refractivity contribution in [3.05, 3.63) is 0 Å². The molecule has 4 nitrogen and oxygen atoms in total. The molecule has 0 spiro atoms. The molecule has 0 radical (unpaired) electrons. The van der Waals surface area contributed by atoms with Gasteiger partial charge in [-0.1, -0.05) is 52.4 Å². The number of rotatable bonds is 18. The summed E-state index contributed by atoms with van der Waals surface area (Å²) in [5.41, 5.74) is 0. The van der Waals surface area contributed by atoms with Crippen molar-refractivity contribution in [1.29, 1.82) is 0 Å². The van der Waals surface area contributed by atoms with E-state index < -0.39 is 0 Å². The second-order valence-electron chi connectivity index (χ2n) is 6.38. The van der Waals surface area contributed by atoms with Crippen LogP contribution in [0.5, 0.6) is 0 Å². The highest BCUT2D eigenvalue weighted by molar-refractivity contribution is 7.99. The van der Waals surface area contributed by atoms with Gasteiger partial charge >= 0.3 is 11.9 Å². The summed E-state index contributed by atoms with van der Waals surface area (Å²) in [6, 6.07) is 0. The van der Waals surface area contributed by atoms with Crippen LogP contribution in [-0.2, 0) is 19.1 Å². The summed E-state index contributed by atoms with van der Waals surface area (Å²) in [7, 11) is 0. The van der Waals surface area contributed by atoms with Crippen molar-refractivity contribution < 1.29 is 19.1 Å². The van der Waals surface area contributed by atoms with Crippen molar-refractivity contribution in [2.24, 2.45) is 0 Å². The monoisotopic (exact) mass is 374 g/mol. The molecule has 0 heterocycles. The second-order valence-corrected chi connectivity index (χ2v) is 7.61. The number of carbonyl (C=O) groups is 2. The van der Waals surface area contributed by atoms with Gasteiger partial charge in [0.25, 0.3) is 0 Å². The fourth-order valence-corrected chi connectivity index (χ4v) is 3.21. The molecular weight excluding hydrogens is 336 g/mol. The first-order valence-corrected chi connectivity index (χ1v) is 11.2. The van der Waals surface area contributed by atoms with E-state index in [0.29, 0.717) is 26.1 Å². The molecule has 0 aromatic heterocycles. The Hall–Kier alpha value is -0.710. The lowest BCUT2D eigenvalue weighted by Gasteiger charge is -2.05. The molecular formula is C20H38O4S. The third kappa shape index (κ3) is 19.5. The molecule has 0 aliphatic heterocycles. The number of carbonyl (C=O) groups excluding carboxylic acids is 2. The van der Waals surface area contributed by atoms with Crippen LogP contribution in [-0.4, -0.2) is 36.7 Å². The maximum Gasteiger partial charge on any atom is 0.305 e. The van der Waals surface area contributed by atoms with E-state index in [2.05, 4.69) is 13.8 Å². The van der Waals surface area contributed by atoms with Gasteiger partial charge in [0.15, 0.2) is 0 Å². The Bertz CT molecular complexity index is 291. The smallest absolute Gasteiger partial charge is 0.305 e. The Morgan fingerprint density at radius 3 is 1.48 bits per heavy atom. The summed E-state index contributed by atoms with van der Waals surface area (Å²) in [6.45, 7) is 5.46. The molecule has 0 fully saturated rings. The minimum Gasteiger partial charge on any atom is -0.466 e. The van der Waals surface area contributed by atoms with Crippen LogP contribution in [0.1, 0.15) is 90.9 Å². The van der Waals surface area contributed by atoms with Gasteiger partial charge in [-0.05, 0) is 37.2 Å². The quantitative estimate of drug-likeness (QED) is 0.233. The fraction of sp³-hybridized carbons (Fsp3) is 0.900. The molecule has 0 aromatic carbocycles.